The number of hydrogen-bond donors (Lipinski definition) is 11. The Kier molecular flexibility index (Phi) is 21.1. The third-order valence-corrected chi connectivity index (χ3v) is 9.56. The topological polar surface area (TPSA) is 379 Å². The van der Waals surface area contributed by atoms with Gasteiger partial charge < -0.3 is 49.1 Å². The Hall–Kier alpha value is -5.85. The standard InChI is InChI=1S/C38H61N13O11.2ClH/c1-19-15-50(33(61)45-25(19)53)17-22(43-29(57)35(3,4)41)27(55)48-38(9,10)32(60)49-37(7,8)31(59)44-23(18-51-16-20(2)26(54)46-34(51)62)28(56)47-36(5,6)30(58)42-21(24(40)52)13-11-12-14-39;;/h15-16,21-23H,11-14,17-18,39,41H2,1-10H3,(H2,40,52)(H,42,58)(H,43,57)(H,44,59)(H,47,56)(H,48,55)(H,49,60)(H,45,53,61)(H,46,54,62);2*1H/t21-,22-,23-;;/m0../s1. The van der Waals surface area contributed by atoms with Gasteiger partial charge in [-0.25, -0.2) is 9.59 Å². The van der Waals surface area contributed by atoms with E-state index in [2.05, 4.69) is 41.9 Å². The van der Waals surface area contributed by atoms with Gasteiger partial charge in [-0.3, -0.25) is 62.3 Å². The van der Waals surface area contributed by atoms with E-state index >= 15 is 0 Å². The first-order chi connectivity index (χ1) is 28.3. The maximum Gasteiger partial charge on any atom is 0.328 e. The summed E-state index contributed by atoms with van der Waals surface area (Å²) in [5, 5.41) is 14.9. The van der Waals surface area contributed by atoms with Gasteiger partial charge in [-0.05, 0) is 95.0 Å². The molecule has 0 radical (unpaired) electrons. The molecule has 2 aromatic heterocycles. The number of nitrogens with zero attached hydrogens (tertiary/aromatic N) is 2. The zero-order chi connectivity index (χ0) is 47.7. The number of aryl methyl sites for hydroxylation is 2. The minimum atomic E-state index is -1.87. The lowest BCUT2D eigenvalue weighted by atomic mass is 9.97. The van der Waals surface area contributed by atoms with Crippen molar-refractivity contribution in [3.05, 3.63) is 65.2 Å². The van der Waals surface area contributed by atoms with E-state index in [0.29, 0.717) is 19.4 Å². The number of unbranched alkanes of at least 4 members (excludes halogenated alkanes) is 1. The number of aromatic amines is 2. The van der Waals surface area contributed by atoms with Crippen LogP contribution < -0.4 is 71.6 Å². The molecule has 0 unspecified atom stereocenters. The van der Waals surface area contributed by atoms with Crippen molar-refractivity contribution in [1.29, 1.82) is 0 Å². The van der Waals surface area contributed by atoms with Gasteiger partial charge in [-0.1, -0.05) is 0 Å². The smallest absolute Gasteiger partial charge is 0.328 e. The van der Waals surface area contributed by atoms with Crippen LogP contribution in [0.5, 0.6) is 0 Å². The van der Waals surface area contributed by atoms with Gasteiger partial charge in [-0.2, -0.15) is 0 Å². The first-order valence-corrected chi connectivity index (χ1v) is 19.6. The second kappa shape index (κ2) is 23.2. The van der Waals surface area contributed by atoms with Gasteiger partial charge in [0.05, 0.1) is 18.6 Å². The number of halogens is 2. The molecule has 0 bridgehead atoms. The van der Waals surface area contributed by atoms with Gasteiger partial charge in [0.15, 0.2) is 0 Å². The Balaban J connectivity index is 0.0000198. The summed E-state index contributed by atoms with van der Waals surface area (Å²) >= 11 is 0. The highest BCUT2D eigenvalue weighted by atomic mass is 35.5. The Morgan fingerprint density at radius 2 is 0.953 bits per heavy atom. The van der Waals surface area contributed by atoms with Crippen LogP contribution >= 0.6 is 24.8 Å². The zero-order valence-corrected chi connectivity index (χ0v) is 39.2. The predicted octanol–water partition coefficient (Wildman–Crippen LogP) is -3.96. The molecular formula is C38H63Cl2N13O11. The summed E-state index contributed by atoms with van der Waals surface area (Å²) in [5.41, 5.74) is 7.07. The molecule has 0 fully saturated rings. The van der Waals surface area contributed by atoms with Crippen LogP contribution in [0.3, 0.4) is 0 Å². The number of aromatic nitrogens is 4. The van der Waals surface area contributed by atoms with Crippen LogP contribution in [0.15, 0.2) is 31.6 Å². The molecule has 3 atom stereocenters. The zero-order valence-electron chi connectivity index (χ0n) is 37.6. The lowest BCUT2D eigenvalue weighted by molar-refractivity contribution is -0.140. The summed E-state index contributed by atoms with van der Waals surface area (Å²) < 4.78 is 1.93. The number of nitrogens with two attached hydrogens (primary N) is 3. The molecule has 7 amide bonds. The maximum absolute atomic E-state index is 13.9. The number of nitrogens with one attached hydrogen (secondary N) is 8. The van der Waals surface area contributed by atoms with Crippen molar-refractivity contribution in [2.75, 3.05) is 6.54 Å². The minimum absolute atomic E-state index is 0. The number of H-pyrrole nitrogens is 2. The SMILES string of the molecule is Cc1cn(C[C@H](NC(=O)C(C)(C)N)C(=O)NC(C)(C)C(=O)NC(C)(C)C(=O)N[C@@H](Cn2cc(C)c(=O)[nH]c2=O)C(=O)NC(C)(C)C(=O)N[C@@H](CCCCN)C(N)=O)c(=O)[nH]c1=O.Cl.Cl. The van der Waals surface area contributed by atoms with Gasteiger partial charge in [0.2, 0.25) is 41.4 Å². The van der Waals surface area contributed by atoms with Crippen LogP contribution in [0, 0.1) is 13.8 Å². The molecule has 0 aliphatic heterocycles. The Labute approximate surface area is 380 Å². The van der Waals surface area contributed by atoms with E-state index in [1.165, 1.54) is 75.4 Å². The Bertz CT molecular complexity index is 2290. The summed E-state index contributed by atoms with van der Waals surface area (Å²) in [6.45, 7) is 12.6. The van der Waals surface area contributed by atoms with E-state index in [1.807, 2.05) is 0 Å². The van der Waals surface area contributed by atoms with Crippen LogP contribution in [0.4, 0.5) is 0 Å². The van der Waals surface area contributed by atoms with Crippen molar-refractivity contribution in [3.63, 3.8) is 0 Å². The number of primary amides is 1. The van der Waals surface area contributed by atoms with Crippen LogP contribution in [0.25, 0.3) is 0 Å². The number of carbonyl (C=O) groups excluding carboxylic acids is 7. The summed E-state index contributed by atoms with van der Waals surface area (Å²) in [6, 6.07) is -4.25. The van der Waals surface area contributed by atoms with Crippen molar-refractivity contribution >= 4 is 66.2 Å². The monoisotopic (exact) mass is 947 g/mol. The maximum atomic E-state index is 13.9. The highest BCUT2D eigenvalue weighted by Crippen LogP contribution is 2.12. The molecule has 0 aliphatic rings. The number of rotatable bonds is 21. The van der Waals surface area contributed by atoms with Crippen LogP contribution in [-0.2, 0) is 46.7 Å². The molecule has 360 valence electrons. The predicted molar refractivity (Wildman–Crippen MR) is 239 cm³/mol. The lowest BCUT2D eigenvalue weighted by Crippen LogP contribution is -2.67. The molecule has 24 nitrogen and oxygen atoms in total. The van der Waals surface area contributed by atoms with Gasteiger partial charge in [-0.15, -0.1) is 24.8 Å². The number of carbonyl (C=O) groups is 7. The van der Waals surface area contributed by atoms with E-state index in [9.17, 15) is 52.7 Å². The fraction of sp³-hybridized carbons (Fsp3) is 0.605. The molecular weight excluding hydrogens is 885 g/mol. The highest BCUT2D eigenvalue weighted by molar-refractivity contribution is 6.00. The second-order valence-corrected chi connectivity index (χ2v) is 17.2. The molecule has 0 saturated carbocycles. The molecule has 14 N–H and O–H groups in total. The third kappa shape index (κ3) is 16.4. The summed E-state index contributed by atoms with van der Waals surface area (Å²) in [5.74, 6) is -6.28. The summed E-state index contributed by atoms with van der Waals surface area (Å²) in [6.07, 6.45) is 3.55. The third-order valence-electron chi connectivity index (χ3n) is 9.56. The van der Waals surface area contributed by atoms with Gasteiger partial charge in [0.1, 0.15) is 34.7 Å². The van der Waals surface area contributed by atoms with E-state index in [-0.39, 0.29) is 42.4 Å². The fourth-order valence-corrected chi connectivity index (χ4v) is 5.49. The molecule has 2 heterocycles. The van der Waals surface area contributed by atoms with E-state index in [0.717, 1.165) is 15.3 Å². The lowest BCUT2D eigenvalue weighted by Gasteiger charge is -2.34. The molecule has 2 aromatic rings. The van der Waals surface area contributed by atoms with Crippen molar-refractivity contribution in [2.24, 2.45) is 17.2 Å². The average molecular weight is 949 g/mol. The van der Waals surface area contributed by atoms with Crippen molar-refractivity contribution in [3.8, 4) is 0 Å². The quantitative estimate of drug-likeness (QED) is 0.0533. The molecule has 0 saturated heterocycles. The average Bonchev–Trinajstić information content (AvgIpc) is 3.13. The molecule has 26 heteroatoms. The van der Waals surface area contributed by atoms with Gasteiger partial charge in [0.25, 0.3) is 11.1 Å². The number of amides is 7. The molecule has 2 rings (SSSR count). The number of hydrogen-bond acceptors (Lipinski definition) is 13. The van der Waals surface area contributed by atoms with Gasteiger partial charge >= 0.3 is 11.4 Å². The molecule has 64 heavy (non-hydrogen) atoms. The first-order valence-electron chi connectivity index (χ1n) is 19.6. The van der Waals surface area contributed by atoms with E-state index < -0.39 is 117 Å². The van der Waals surface area contributed by atoms with Crippen molar-refractivity contribution < 1.29 is 33.6 Å². The summed E-state index contributed by atoms with van der Waals surface area (Å²) in [7, 11) is 0. The Morgan fingerprint density at radius 1 is 0.594 bits per heavy atom. The first kappa shape index (κ1) is 58.1. The van der Waals surface area contributed by atoms with E-state index in [4.69, 9.17) is 17.2 Å². The van der Waals surface area contributed by atoms with Crippen molar-refractivity contribution in [1.82, 2.24) is 51.0 Å². The largest absolute Gasteiger partial charge is 0.368 e. The van der Waals surface area contributed by atoms with Gasteiger partial charge in [0, 0.05) is 23.5 Å². The minimum Gasteiger partial charge on any atom is -0.368 e. The second-order valence-electron chi connectivity index (χ2n) is 17.2. The fourth-order valence-electron chi connectivity index (χ4n) is 5.49. The molecule has 0 aromatic carbocycles. The van der Waals surface area contributed by atoms with Crippen molar-refractivity contribution in [2.45, 2.75) is 142 Å². The van der Waals surface area contributed by atoms with Crippen LogP contribution in [0.2, 0.25) is 0 Å². The van der Waals surface area contributed by atoms with E-state index in [1.54, 1.807) is 0 Å². The normalized spacial score (nSPS) is 13.1. The molecule has 0 aliphatic carbocycles. The Morgan fingerprint density at radius 3 is 1.33 bits per heavy atom. The summed E-state index contributed by atoms with van der Waals surface area (Å²) in [4.78, 5) is 147. The highest BCUT2D eigenvalue weighted by Gasteiger charge is 2.41. The van der Waals surface area contributed by atoms with Crippen LogP contribution in [0.1, 0.15) is 85.8 Å². The molecule has 0 spiro atoms. The van der Waals surface area contributed by atoms with Crippen LogP contribution in [-0.4, -0.2) is 107 Å².